The minimum atomic E-state index is -1.22. The summed E-state index contributed by atoms with van der Waals surface area (Å²) in [7, 11) is 0. The van der Waals surface area contributed by atoms with Gasteiger partial charge in [0, 0.05) is 23.5 Å². The van der Waals surface area contributed by atoms with Gasteiger partial charge in [0.2, 0.25) is 0 Å². The summed E-state index contributed by atoms with van der Waals surface area (Å²) in [6.45, 7) is 4.07. The Kier molecular flexibility index (Phi) is 9.88. The topological polar surface area (TPSA) is 112 Å². The molecule has 0 saturated heterocycles. The maximum Gasteiger partial charge on any atom is 0.305 e. The van der Waals surface area contributed by atoms with Gasteiger partial charge in [-0.15, -0.1) is 0 Å². The number of para-hydroxylation sites is 1. The van der Waals surface area contributed by atoms with Gasteiger partial charge in [0.15, 0.2) is 0 Å². The van der Waals surface area contributed by atoms with Crippen molar-refractivity contribution < 1.29 is 33.7 Å². The molecule has 7 nitrogen and oxygen atoms in total. The van der Waals surface area contributed by atoms with Crippen LogP contribution in [0.1, 0.15) is 55.1 Å². The molecular weight excluding hydrogens is 542 g/mol. The molecule has 0 spiro atoms. The fraction of sp³-hybridized carbons (Fsp3) is 0.273. The van der Waals surface area contributed by atoms with E-state index in [0.29, 0.717) is 39.3 Å². The minimum Gasteiger partial charge on any atom is -0.481 e. The average molecular weight is 577 g/mol. The highest BCUT2D eigenvalue weighted by Gasteiger charge is 2.31. The molecule has 4 aromatic rings. The van der Waals surface area contributed by atoms with Gasteiger partial charge in [-0.3, -0.25) is 9.59 Å². The molecule has 3 aromatic carbocycles. The molecule has 1 amide bonds. The summed E-state index contributed by atoms with van der Waals surface area (Å²) >= 11 is 0. The van der Waals surface area contributed by atoms with E-state index < -0.39 is 36.2 Å². The molecule has 0 unspecified atom stereocenters. The van der Waals surface area contributed by atoms with Gasteiger partial charge >= 0.3 is 5.97 Å². The summed E-state index contributed by atoms with van der Waals surface area (Å²) in [6, 6.07) is 20.6. The molecule has 42 heavy (non-hydrogen) atoms. The number of halogens is 2. The Morgan fingerprint density at radius 3 is 1.95 bits per heavy atom. The van der Waals surface area contributed by atoms with E-state index in [1.165, 1.54) is 24.3 Å². The number of aliphatic carboxylic acids is 1. The second-order valence-electron chi connectivity index (χ2n) is 10.6. The van der Waals surface area contributed by atoms with E-state index in [1.807, 2.05) is 24.5 Å². The monoisotopic (exact) mass is 576 g/mol. The summed E-state index contributed by atoms with van der Waals surface area (Å²) in [5.74, 6) is -2.62. The van der Waals surface area contributed by atoms with Crippen LogP contribution in [0.2, 0.25) is 0 Å². The van der Waals surface area contributed by atoms with Crippen molar-refractivity contribution in [2.45, 2.75) is 57.8 Å². The molecule has 2 atom stereocenters. The number of carbonyl (C=O) groups is 2. The van der Waals surface area contributed by atoms with Gasteiger partial charge < -0.3 is 25.2 Å². The van der Waals surface area contributed by atoms with Crippen molar-refractivity contribution in [2.75, 3.05) is 5.32 Å². The fourth-order valence-corrected chi connectivity index (χ4v) is 5.21. The van der Waals surface area contributed by atoms with Crippen LogP contribution in [0, 0.1) is 11.6 Å². The van der Waals surface area contributed by atoms with E-state index in [1.54, 1.807) is 48.5 Å². The lowest BCUT2D eigenvalue weighted by Gasteiger charge is -2.20. The SMILES string of the molecule is CC(C)c1c(C(=O)Nc2ccccc2)c(-c2ccc(F)cc2)c(-c2ccc(F)cc2)n1CC[C@@H](O)C[C@@H](O)CC(=O)O. The number of carboxylic acid groups (broad SMARTS) is 1. The number of anilines is 1. The molecule has 1 heterocycles. The Labute approximate surface area is 243 Å². The molecule has 0 bridgehead atoms. The number of carboxylic acids is 1. The van der Waals surface area contributed by atoms with Crippen molar-refractivity contribution in [1.82, 2.24) is 4.57 Å². The number of aliphatic hydroxyl groups is 2. The lowest BCUT2D eigenvalue weighted by atomic mass is 9.94. The smallest absolute Gasteiger partial charge is 0.305 e. The number of benzene rings is 3. The molecule has 9 heteroatoms. The maximum absolute atomic E-state index is 14.0. The van der Waals surface area contributed by atoms with Gasteiger partial charge in [-0.05, 0) is 78.4 Å². The molecule has 0 saturated carbocycles. The second kappa shape index (κ2) is 13.5. The first kappa shape index (κ1) is 30.6. The van der Waals surface area contributed by atoms with Crippen molar-refractivity contribution in [1.29, 1.82) is 0 Å². The van der Waals surface area contributed by atoms with E-state index in [0.717, 1.165) is 0 Å². The summed E-state index contributed by atoms with van der Waals surface area (Å²) < 4.78 is 29.9. The fourth-order valence-electron chi connectivity index (χ4n) is 5.21. The molecule has 0 aliphatic carbocycles. The van der Waals surface area contributed by atoms with Crippen molar-refractivity contribution in [2.24, 2.45) is 0 Å². The predicted molar refractivity (Wildman–Crippen MR) is 157 cm³/mol. The third-order valence-corrected chi connectivity index (χ3v) is 7.00. The highest BCUT2D eigenvalue weighted by Crippen LogP contribution is 2.42. The van der Waals surface area contributed by atoms with Crippen LogP contribution >= 0.6 is 0 Å². The number of hydrogen-bond acceptors (Lipinski definition) is 4. The number of amides is 1. The third kappa shape index (κ3) is 7.29. The van der Waals surface area contributed by atoms with Gasteiger partial charge in [-0.25, -0.2) is 8.78 Å². The van der Waals surface area contributed by atoms with Crippen LogP contribution in [0.5, 0.6) is 0 Å². The summed E-state index contributed by atoms with van der Waals surface area (Å²) in [4.78, 5) is 25.0. The van der Waals surface area contributed by atoms with Gasteiger partial charge in [-0.2, -0.15) is 0 Å². The maximum atomic E-state index is 14.0. The van der Waals surface area contributed by atoms with E-state index in [-0.39, 0.29) is 31.2 Å². The van der Waals surface area contributed by atoms with Gasteiger partial charge in [-0.1, -0.05) is 44.2 Å². The van der Waals surface area contributed by atoms with Crippen molar-refractivity contribution in [3.05, 3.63) is 102 Å². The van der Waals surface area contributed by atoms with Crippen molar-refractivity contribution >= 4 is 17.6 Å². The zero-order valence-electron chi connectivity index (χ0n) is 23.4. The number of hydrogen-bond donors (Lipinski definition) is 4. The Hall–Kier alpha value is -4.34. The summed E-state index contributed by atoms with van der Waals surface area (Å²) in [6.07, 6.45) is -2.73. The number of nitrogens with one attached hydrogen (secondary N) is 1. The molecule has 0 fully saturated rings. The van der Waals surface area contributed by atoms with Crippen LogP contribution in [0.3, 0.4) is 0 Å². The first-order valence-corrected chi connectivity index (χ1v) is 13.8. The molecular formula is C33H34F2N2O5. The average Bonchev–Trinajstić information content (AvgIpc) is 3.28. The van der Waals surface area contributed by atoms with Crippen LogP contribution in [-0.2, 0) is 11.3 Å². The highest BCUT2D eigenvalue weighted by molar-refractivity contribution is 6.12. The molecule has 220 valence electrons. The zero-order chi connectivity index (χ0) is 30.4. The molecule has 1 aromatic heterocycles. The quantitative estimate of drug-likeness (QED) is 0.155. The van der Waals surface area contributed by atoms with E-state index in [2.05, 4.69) is 5.32 Å². The Balaban J connectivity index is 1.91. The molecule has 0 aliphatic heterocycles. The van der Waals surface area contributed by atoms with E-state index in [9.17, 15) is 28.6 Å². The van der Waals surface area contributed by atoms with Gasteiger partial charge in [0.25, 0.3) is 5.91 Å². The van der Waals surface area contributed by atoms with E-state index >= 15 is 0 Å². The van der Waals surface area contributed by atoms with Gasteiger partial charge in [0.1, 0.15) is 11.6 Å². The number of rotatable bonds is 12. The number of aliphatic hydroxyl groups excluding tert-OH is 2. The van der Waals surface area contributed by atoms with Crippen LogP contribution < -0.4 is 5.32 Å². The first-order valence-electron chi connectivity index (χ1n) is 13.8. The molecule has 0 aliphatic rings. The minimum absolute atomic E-state index is 0.136. The second-order valence-corrected chi connectivity index (χ2v) is 10.6. The zero-order valence-corrected chi connectivity index (χ0v) is 23.4. The lowest BCUT2D eigenvalue weighted by molar-refractivity contribution is -0.139. The first-order chi connectivity index (χ1) is 20.0. The van der Waals surface area contributed by atoms with Crippen LogP contribution in [-0.4, -0.2) is 44.0 Å². The summed E-state index contributed by atoms with van der Waals surface area (Å²) in [5.41, 5.74) is 3.89. The largest absolute Gasteiger partial charge is 0.481 e. The van der Waals surface area contributed by atoms with Crippen LogP contribution in [0.25, 0.3) is 22.4 Å². The Morgan fingerprint density at radius 1 is 0.833 bits per heavy atom. The van der Waals surface area contributed by atoms with E-state index in [4.69, 9.17) is 5.11 Å². The number of aromatic nitrogens is 1. The highest BCUT2D eigenvalue weighted by atomic mass is 19.1. The standard InChI is InChI=1S/C33H34F2N2O5/c1-20(2)31-30(33(42)36-25-6-4-3-5-7-25)29(21-8-12-23(34)13-9-21)32(22-10-14-24(35)15-11-22)37(31)17-16-26(38)18-27(39)19-28(40)41/h3-15,20,26-27,38-39H,16-19H2,1-2H3,(H,36,42)(H,40,41)/t26-,27-/m1/s1. The molecule has 0 radical (unpaired) electrons. The van der Waals surface area contributed by atoms with Crippen molar-refractivity contribution in [3.8, 4) is 22.4 Å². The molecule has 4 rings (SSSR count). The van der Waals surface area contributed by atoms with Gasteiger partial charge in [0.05, 0.1) is 29.9 Å². The Bertz CT molecular complexity index is 1520. The van der Waals surface area contributed by atoms with Crippen LogP contribution in [0.4, 0.5) is 14.5 Å². The summed E-state index contributed by atoms with van der Waals surface area (Å²) in [5, 5.41) is 32.7. The number of carbonyl (C=O) groups excluding carboxylic acids is 1. The van der Waals surface area contributed by atoms with Crippen molar-refractivity contribution in [3.63, 3.8) is 0 Å². The number of nitrogens with zero attached hydrogens (tertiary/aromatic N) is 1. The molecule has 4 N–H and O–H groups in total. The normalized spacial score (nSPS) is 12.7. The third-order valence-electron chi connectivity index (χ3n) is 7.00. The van der Waals surface area contributed by atoms with Crippen LogP contribution in [0.15, 0.2) is 78.9 Å². The lowest BCUT2D eigenvalue weighted by Crippen LogP contribution is -2.22. The Morgan fingerprint density at radius 2 is 1.40 bits per heavy atom. The predicted octanol–water partition coefficient (Wildman–Crippen LogP) is 6.45.